The van der Waals surface area contributed by atoms with Gasteiger partial charge in [-0.2, -0.15) is 13.2 Å². The number of imide groups is 1. The van der Waals surface area contributed by atoms with E-state index in [-0.39, 0.29) is 12.2 Å². The van der Waals surface area contributed by atoms with E-state index in [2.05, 4.69) is 4.98 Å². The van der Waals surface area contributed by atoms with Gasteiger partial charge in [-0.15, -0.1) is 0 Å². The van der Waals surface area contributed by atoms with Crippen molar-refractivity contribution in [2.75, 3.05) is 11.4 Å². The Balaban J connectivity index is 2.24. The normalized spacial score (nSPS) is 16.3. The van der Waals surface area contributed by atoms with Crippen LogP contribution < -0.4 is 10.2 Å². The van der Waals surface area contributed by atoms with Gasteiger partial charge in [0.2, 0.25) is 5.91 Å². The van der Waals surface area contributed by atoms with Crippen LogP contribution in [-0.2, 0) is 11.0 Å². The molecule has 2 rings (SSSR count). The number of nitrogens with one attached hydrogen (secondary N) is 1. The van der Waals surface area contributed by atoms with E-state index in [4.69, 9.17) is 0 Å². The van der Waals surface area contributed by atoms with Crippen LogP contribution in [0.3, 0.4) is 0 Å². The second kappa shape index (κ2) is 3.72. The average molecular weight is 245 g/mol. The number of carbonyl (C=O) groups excluding carboxylic acids is 2. The van der Waals surface area contributed by atoms with Crippen molar-refractivity contribution < 1.29 is 22.8 Å². The minimum absolute atomic E-state index is 0.140. The lowest BCUT2D eigenvalue weighted by Crippen LogP contribution is -2.28. The number of amides is 3. The maximum atomic E-state index is 12.2. The highest BCUT2D eigenvalue weighted by Gasteiger charge is 2.33. The first-order chi connectivity index (χ1) is 7.88. The molecule has 17 heavy (non-hydrogen) atoms. The summed E-state index contributed by atoms with van der Waals surface area (Å²) >= 11 is 0. The summed E-state index contributed by atoms with van der Waals surface area (Å²) < 4.78 is 36.7. The van der Waals surface area contributed by atoms with Gasteiger partial charge in [0.15, 0.2) is 0 Å². The fourth-order valence-corrected chi connectivity index (χ4v) is 1.36. The number of aromatic nitrogens is 1. The lowest BCUT2D eigenvalue weighted by molar-refractivity contribution is -0.141. The Morgan fingerprint density at radius 3 is 2.41 bits per heavy atom. The molecular weight excluding hydrogens is 239 g/mol. The molecule has 2 heterocycles. The molecule has 3 amide bonds. The van der Waals surface area contributed by atoms with Crippen molar-refractivity contribution in [3.8, 4) is 0 Å². The van der Waals surface area contributed by atoms with Crippen LogP contribution in [0, 0.1) is 0 Å². The fraction of sp³-hybridized carbons (Fsp3) is 0.222. The molecule has 0 unspecified atom stereocenters. The van der Waals surface area contributed by atoms with Gasteiger partial charge in [-0.1, -0.05) is 0 Å². The number of pyridine rings is 1. The number of alkyl halides is 3. The number of hydrogen-bond acceptors (Lipinski definition) is 3. The molecule has 1 saturated heterocycles. The van der Waals surface area contributed by atoms with E-state index in [1.807, 2.05) is 5.32 Å². The van der Waals surface area contributed by atoms with Gasteiger partial charge in [0.1, 0.15) is 12.2 Å². The largest absolute Gasteiger partial charge is 0.433 e. The standard InChI is InChI=1S/C9H6F3N3O2/c10-9(11,12)6-2-1-5(3-13-6)15-4-7(16)14-8(15)17/h1-3H,4H2,(H,14,16,17). The van der Waals surface area contributed by atoms with E-state index in [0.29, 0.717) is 0 Å². The number of nitrogens with zero attached hydrogens (tertiary/aromatic N) is 2. The summed E-state index contributed by atoms with van der Waals surface area (Å²) in [6, 6.07) is 1.18. The zero-order valence-electron chi connectivity index (χ0n) is 8.28. The maximum Gasteiger partial charge on any atom is 0.433 e. The summed E-state index contributed by atoms with van der Waals surface area (Å²) in [5.41, 5.74) is -0.909. The molecule has 0 aromatic carbocycles. The molecule has 0 aliphatic carbocycles. The Kier molecular flexibility index (Phi) is 2.49. The van der Waals surface area contributed by atoms with Crippen molar-refractivity contribution in [1.29, 1.82) is 0 Å². The van der Waals surface area contributed by atoms with E-state index in [9.17, 15) is 22.8 Å². The second-order valence-electron chi connectivity index (χ2n) is 3.34. The Morgan fingerprint density at radius 1 is 1.29 bits per heavy atom. The van der Waals surface area contributed by atoms with Crippen molar-refractivity contribution >= 4 is 17.6 Å². The van der Waals surface area contributed by atoms with Crippen LogP contribution in [0.1, 0.15) is 5.69 Å². The molecule has 5 nitrogen and oxygen atoms in total. The fourth-order valence-electron chi connectivity index (χ4n) is 1.36. The van der Waals surface area contributed by atoms with Crippen molar-refractivity contribution in [2.45, 2.75) is 6.18 Å². The third kappa shape index (κ3) is 2.19. The first kappa shape index (κ1) is 11.4. The second-order valence-corrected chi connectivity index (χ2v) is 3.34. The van der Waals surface area contributed by atoms with Crippen molar-refractivity contribution in [3.63, 3.8) is 0 Å². The zero-order valence-corrected chi connectivity index (χ0v) is 8.28. The average Bonchev–Trinajstić information content (AvgIpc) is 2.57. The van der Waals surface area contributed by atoms with Gasteiger partial charge in [-0.3, -0.25) is 15.0 Å². The summed E-state index contributed by atoms with van der Waals surface area (Å²) in [5.74, 6) is -0.505. The molecule has 1 aromatic rings. The smallest absolute Gasteiger partial charge is 0.283 e. The summed E-state index contributed by atoms with van der Waals surface area (Å²) in [4.78, 5) is 26.3. The molecule has 0 atom stereocenters. The number of urea groups is 1. The molecule has 1 aliphatic rings. The predicted molar refractivity (Wildman–Crippen MR) is 50.1 cm³/mol. The van der Waals surface area contributed by atoms with E-state index in [0.717, 1.165) is 23.2 Å². The predicted octanol–water partition coefficient (Wildman–Crippen LogP) is 1.16. The molecule has 90 valence electrons. The van der Waals surface area contributed by atoms with Gasteiger partial charge < -0.3 is 0 Å². The Bertz CT molecular complexity index is 469. The number of halogens is 3. The molecule has 0 radical (unpaired) electrons. The SMILES string of the molecule is O=C1CN(c2ccc(C(F)(F)F)nc2)C(=O)N1. The van der Waals surface area contributed by atoms with Gasteiger partial charge >= 0.3 is 12.2 Å². The van der Waals surface area contributed by atoms with E-state index in [1.165, 1.54) is 0 Å². The van der Waals surface area contributed by atoms with Gasteiger partial charge in [0.25, 0.3) is 0 Å². The molecule has 0 bridgehead atoms. The Morgan fingerprint density at radius 2 is 2.00 bits per heavy atom. The van der Waals surface area contributed by atoms with Crippen LogP contribution in [0.15, 0.2) is 18.3 Å². The van der Waals surface area contributed by atoms with E-state index >= 15 is 0 Å². The maximum absolute atomic E-state index is 12.2. The highest BCUT2D eigenvalue weighted by Crippen LogP contribution is 2.28. The van der Waals surface area contributed by atoms with Crippen molar-refractivity contribution in [1.82, 2.24) is 10.3 Å². The topological polar surface area (TPSA) is 62.3 Å². The molecule has 1 fully saturated rings. The first-order valence-electron chi connectivity index (χ1n) is 4.52. The van der Waals surface area contributed by atoms with Gasteiger partial charge in [0, 0.05) is 0 Å². The highest BCUT2D eigenvalue weighted by molar-refractivity contribution is 6.12. The van der Waals surface area contributed by atoms with Crippen LogP contribution in [0.4, 0.5) is 23.7 Å². The molecule has 1 aliphatic heterocycles. The van der Waals surface area contributed by atoms with Crippen LogP contribution in [0.25, 0.3) is 0 Å². The summed E-state index contributed by atoms with van der Waals surface area (Å²) in [6.07, 6.45) is -3.62. The lowest BCUT2D eigenvalue weighted by atomic mass is 10.3. The quantitative estimate of drug-likeness (QED) is 0.755. The van der Waals surface area contributed by atoms with Crippen LogP contribution >= 0.6 is 0 Å². The van der Waals surface area contributed by atoms with Gasteiger partial charge in [0.05, 0.1) is 11.9 Å². The molecule has 1 N–H and O–H groups in total. The molecular formula is C9H6F3N3O2. The summed E-state index contributed by atoms with van der Waals surface area (Å²) in [6.45, 7) is -0.216. The molecule has 1 aromatic heterocycles. The summed E-state index contributed by atoms with van der Waals surface area (Å²) in [7, 11) is 0. The summed E-state index contributed by atoms with van der Waals surface area (Å²) in [5, 5.41) is 2.01. The molecule has 8 heteroatoms. The number of hydrogen-bond donors (Lipinski definition) is 1. The molecule has 0 saturated carbocycles. The van der Waals surface area contributed by atoms with Gasteiger partial charge in [-0.05, 0) is 12.1 Å². The first-order valence-corrected chi connectivity index (χ1v) is 4.52. The number of rotatable bonds is 1. The number of carbonyl (C=O) groups is 2. The van der Waals surface area contributed by atoms with E-state index < -0.39 is 23.8 Å². The monoisotopic (exact) mass is 245 g/mol. The third-order valence-corrected chi connectivity index (χ3v) is 2.14. The van der Waals surface area contributed by atoms with Crippen LogP contribution in [0.2, 0.25) is 0 Å². The Hall–Kier alpha value is -2.12. The van der Waals surface area contributed by atoms with E-state index in [1.54, 1.807) is 0 Å². The van der Waals surface area contributed by atoms with Crippen molar-refractivity contribution in [2.24, 2.45) is 0 Å². The minimum Gasteiger partial charge on any atom is -0.283 e. The van der Waals surface area contributed by atoms with Gasteiger partial charge in [-0.25, -0.2) is 9.78 Å². The third-order valence-electron chi connectivity index (χ3n) is 2.14. The van der Waals surface area contributed by atoms with Crippen molar-refractivity contribution in [3.05, 3.63) is 24.0 Å². The lowest BCUT2D eigenvalue weighted by Gasteiger charge is -2.13. The van der Waals surface area contributed by atoms with Crippen LogP contribution in [0.5, 0.6) is 0 Å². The zero-order chi connectivity index (χ0) is 12.6. The minimum atomic E-state index is -4.53. The highest BCUT2D eigenvalue weighted by atomic mass is 19.4. The van der Waals surface area contributed by atoms with Crippen LogP contribution in [-0.4, -0.2) is 23.5 Å². The Labute approximate surface area is 93.2 Å². The number of anilines is 1. The molecule has 0 spiro atoms.